The molecule has 25 heteroatoms. The number of unbranched alkanes of at least 4 members (excludes halogenated alkanes) is 2. The minimum atomic E-state index is -4.44. The summed E-state index contributed by atoms with van der Waals surface area (Å²) >= 11 is 0. The molecule has 0 spiro atoms. The van der Waals surface area contributed by atoms with E-state index in [1.54, 1.807) is 66.8 Å². The molecule has 8 unspecified atom stereocenters. The third-order valence-electron chi connectivity index (χ3n) is 12.9. The van der Waals surface area contributed by atoms with Crippen molar-refractivity contribution in [3.8, 4) is 0 Å². The van der Waals surface area contributed by atoms with Crippen molar-refractivity contribution in [3.63, 3.8) is 0 Å². The summed E-state index contributed by atoms with van der Waals surface area (Å²) in [4.78, 5) is 28.5. The number of aliphatic hydroxyl groups excluding tert-OH is 10. The molecule has 0 saturated heterocycles. The molecular weight excluding hydrogens is 1020 g/mol. The molecule has 12 N–H and O–H groups in total. The van der Waals surface area contributed by atoms with Gasteiger partial charge in [0.05, 0.1) is 51.1 Å². The van der Waals surface area contributed by atoms with Crippen LogP contribution < -0.4 is 45.1 Å². The van der Waals surface area contributed by atoms with E-state index in [1.807, 2.05) is 49.3 Å². The molecule has 8 atom stereocenters. The van der Waals surface area contributed by atoms with E-state index in [2.05, 4.69) is 10.6 Å². The van der Waals surface area contributed by atoms with Crippen LogP contribution in [0, 0.1) is 0 Å². The zero-order valence-electron chi connectivity index (χ0n) is 42.1. The average molecular weight is 1090 g/mol. The molecule has 0 saturated carbocycles. The van der Waals surface area contributed by atoms with Gasteiger partial charge in [0.1, 0.15) is 43.2 Å². The summed E-state index contributed by atoms with van der Waals surface area (Å²) in [7, 11) is -8.89. The SMILES string of the molecule is CC1(C)C(=CC=CC=CC=CC2=[N+](CCCCS(=O)(=O)[O-])c3ccc(C(=O)NCC(O)C(O)C(O)C(O)CO)cc3C2(C)C)N(CCCCS(=O)(=O)[O-])c2ccc(C(=O)NCC(O)C(O)C(O)C(O)CO)cc21.[Na+]. The Kier molecular flexibility index (Phi) is 24.4. The molecule has 2 aliphatic rings. The van der Waals surface area contributed by atoms with Crippen LogP contribution in [0.15, 0.2) is 84.6 Å². The van der Waals surface area contributed by atoms with Crippen molar-refractivity contribution in [3.05, 3.63) is 107 Å². The molecule has 0 radical (unpaired) electrons. The molecule has 0 bridgehead atoms. The molecule has 406 valence electrons. The van der Waals surface area contributed by atoms with Crippen LogP contribution >= 0.6 is 0 Å². The number of fused-ring (bicyclic) bond motifs is 2. The Labute approximate surface area is 453 Å². The quantitative estimate of drug-likeness (QED) is 0.0125. The zero-order chi connectivity index (χ0) is 54.6. The van der Waals surface area contributed by atoms with Crippen LogP contribution in [-0.4, -0.2) is 199 Å². The molecule has 74 heavy (non-hydrogen) atoms. The van der Waals surface area contributed by atoms with Crippen molar-refractivity contribution >= 4 is 49.1 Å². The predicted molar refractivity (Wildman–Crippen MR) is 266 cm³/mol. The maximum Gasteiger partial charge on any atom is 1.00 e. The topological polar surface area (TPSA) is 381 Å². The minimum Gasteiger partial charge on any atom is -0.748 e. The molecule has 22 nitrogen and oxygen atoms in total. The normalized spacial score (nSPS) is 19.2. The fourth-order valence-electron chi connectivity index (χ4n) is 8.67. The number of nitrogens with one attached hydrogen (secondary N) is 2. The Bertz CT molecular complexity index is 2640. The van der Waals surface area contributed by atoms with Gasteiger partial charge in [-0.05, 0) is 75.1 Å². The van der Waals surface area contributed by atoms with Gasteiger partial charge in [0.15, 0.2) is 5.71 Å². The number of anilines is 1. The number of nitrogens with zero attached hydrogens (tertiary/aromatic N) is 2. The Hall–Kier alpha value is -3.77. The van der Waals surface area contributed by atoms with Crippen LogP contribution in [0.3, 0.4) is 0 Å². The van der Waals surface area contributed by atoms with Gasteiger partial charge in [0, 0.05) is 83.2 Å². The summed E-state index contributed by atoms with van der Waals surface area (Å²) in [6, 6.07) is 9.84. The van der Waals surface area contributed by atoms with Crippen molar-refractivity contribution in [1.82, 2.24) is 10.6 Å². The van der Waals surface area contributed by atoms with Gasteiger partial charge in [-0.1, -0.05) is 44.2 Å². The second-order valence-electron chi connectivity index (χ2n) is 19.0. The molecule has 2 aromatic carbocycles. The number of allylic oxidation sites excluding steroid dienone is 8. The fourth-order valence-corrected chi connectivity index (χ4v) is 9.78. The van der Waals surface area contributed by atoms with Gasteiger partial charge in [-0.15, -0.1) is 0 Å². The van der Waals surface area contributed by atoms with Gasteiger partial charge >= 0.3 is 29.6 Å². The van der Waals surface area contributed by atoms with Crippen LogP contribution in [0.4, 0.5) is 11.4 Å². The van der Waals surface area contributed by atoms with Crippen LogP contribution in [0.1, 0.15) is 85.2 Å². The molecule has 4 rings (SSSR count). The summed E-state index contributed by atoms with van der Waals surface area (Å²) in [5, 5.41) is 103. The Morgan fingerprint density at radius 2 is 1.09 bits per heavy atom. The van der Waals surface area contributed by atoms with Crippen LogP contribution in [0.25, 0.3) is 0 Å². The van der Waals surface area contributed by atoms with Crippen molar-refractivity contribution < 1.29 is 121 Å². The first-order valence-corrected chi connectivity index (χ1v) is 26.8. The van der Waals surface area contributed by atoms with Crippen molar-refractivity contribution in [2.24, 2.45) is 0 Å². The number of benzene rings is 2. The van der Waals surface area contributed by atoms with Gasteiger partial charge in [0.25, 0.3) is 11.8 Å². The molecule has 2 aliphatic heterocycles. The van der Waals surface area contributed by atoms with Gasteiger partial charge in [-0.3, -0.25) is 9.59 Å². The maximum absolute atomic E-state index is 13.3. The summed E-state index contributed by atoms with van der Waals surface area (Å²) in [6.07, 6.45) is -0.822. The Morgan fingerprint density at radius 1 is 0.635 bits per heavy atom. The fraction of sp³-hybridized carbons (Fsp3) is 0.531. The summed E-state index contributed by atoms with van der Waals surface area (Å²) in [5.41, 5.74) is 3.38. The number of carbonyl (C=O) groups excluding carboxylic acids is 2. The van der Waals surface area contributed by atoms with E-state index in [0.29, 0.717) is 25.9 Å². The van der Waals surface area contributed by atoms with Gasteiger partial charge in [-0.25, -0.2) is 16.8 Å². The van der Waals surface area contributed by atoms with Crippen molar-refractivity contribution in [2.75, 3.05) is 55.8 Å². The molecule has 0 fully saturated rings. The minimum absolute atomic E-state index is 0. The van der Waals surface area contributed by atoms with E-state index < -0.39 is 130 Å². The zero-order valence-corrected chi connectivity index (χ0v) is 45.7. The Balaban J connectivity index is 0.0000144. The van der Waals surface area contributed by atoms with Crippen LogP contribution in [0.5, 0.6) is 0 Å². The Morgan fingerprint density at radius 3 is 1.61 bits per heavy atom. The summed E-state index contributed by atoms with van der Waals surface area (Å²) in [6.45, 7) is 5.64. The number of aliphatic hydroxyl groups is 10. The first kappa shape index (κ1) is 64.5. The maximum atomic E-state index is 13.3. The van der Waals surface area contributed by atoms with Crippen LogP contribution in [0.2, 0.25) is 0 Å². The van der Waals surface area contributed by atoms with Crippen molar-refractivity contribution in [2.45, 2.75) is 113 Å². The standard InChI is InChI=1S/C49H70N4O18S2.Na/c1-48(2)32-24-30(46(64)50-26-36(56)42(60)44(62)38(58)28-54)16-18-34(32)52(20-10-12-22-72(66,67)68)40(48)14-8-6-5-7-9-15-41-49(3,4)33-25-31(17-19-35(33)53(41)21-11-13-23-73(69,70)71)47(65)51-27-37(57)43(61)45(63)39(59)29-55;/h5-9,14-19,24-25,36-39,42-45,54-63H,10-13,20-23,26-29H2,1-4H3,(H3-,50,51,64,65,66,67,68,69,70,71);/q;+1/p-1. The average Bonchev–Trinajstić information content (AvgIpc) is 3.68. The van der Waals surface area contributed by atoms with Crippen molar-refractivity contribution in [1.29, 1.82) is 0 Å². The predicted octanol–water partition coefficient (Wildman–Crippen LogP) is -4.60. The molecule has 0 aromatic heterocycles. The van der Waals surface area contributed by atoms with E-state index in [-0.39, 0.29) is 53.5 Å². The second-order valence-corrected chi connectivity index (χ2v) is 22.1. The van der Waals surface area contributed by atoms with E-state index in [1.165, 1.54) is 0 Å². The van der Waals surface area contributed by atoms with Gasteiger partial charge < -0.3 is 75.7 Å². The molecule has 2 aromatic rings. The molecular formula is C49H69N4NaO18S2. The third-order valence-corrected chi connectivity index (χ3v) is 14.5. The molecule has 2 amide bonds. The summed E-state index contributed by atoms with van der Waals surface area (Å²) in [5.74, 6) is -2.32. The smallest absolute Gasteiger partial charge is 0.748 e. The monoisotopic (exact) mass is 1090 g/mol. The van der Waals surface area contributed by atoms with E-state index in [0.717, 1.165) is 33.9 Å². The number of amides is 2. The van der Waals surface area contributed by atoms with E-state index in [9.17, 15) is 76.4 Å². The number of carbonyl (C=O) groups is 2. The van der Waals surface area contributed by atoms with E-state index in [4.69, 9.17) is 10.2 Å². The van der Waals surface area contributed by atoms with Gasteiger partial charge in [0.2, 0.25) is 5.69 Å². The number of hydrogen-bond donors (Lipinski definition) is 12. The largest absolute Gasteiger partial charge is 1.00 e. The first-order valence-electron chi connectivity index (χ1n) is 23.6. The third kappa shape index (κ3) is 17.1. The number of rotatable bonds is 28. The second kappa shape index (κ2) is 28.0. The molecule has 2 heterocycles. The van der Waals surface area contributed by atoms with Crippen LogP contribution in [-0.2, 0) is 31.1 Å². The number of hydrogen-bond acceptors (Lipinski definition) is 19. The van der Waals surface area contributed by atoms with Gasteiger partial charge in [-0.2, -0.15) is 4.58 Å². The first-order chi connectivity index (χ1) is 34.1. The molecule has 0 aliphatic carbocycles. The summed E-state index contributed by atoms with van der Waals surface area (Å²) < 4.78 is 70.1. The van der Waals surface area contributed by atoms with E-state index >= 15 is 0 Å².